The number of hydrogen-bond donors (Lipinski definition) is 1. The molecule has 1 fully saturated rings. The highest BCUT2D eigenvalue weighted by Gasteiger charge is 2.26. The van der Waals surface area contributed by atoms with Gasteiger partial charge in [0.25, 0.3) is 5.69 Å². The lowest BCUT2D eigenvalue weighted by atomic mass is 9.90. The van der Waals surface area contributed by atoms with Crippen molar-refractivity contribution in [2.24, 2.45) is 11.7 Å². The minimum atomic E-state index is -0.434. The molecule has 104 valence electrons. The highest BCUT2D eigenvalue weighted by atomic mass is 35.5. The highest BCUT2D eigenvalue weighted by Crippen LogP contribution is 2.32. The molecule has 2 unspecified atom stereocenters. The number of rotatable bonds is 3. The van der Waals surface area contributed by atoms with Crippen molar-refractivity contribution in [1.82, 2.24) is 0 Å². The average Bonchev–Trinajstić information content (AvgIpc) is 2.39. The summed E-state index contributed by atoms with van der Waals surface area (Å²) in [6.07, 6.45) is 1.95. The lowest BCUT2D eigenvalue weighted by Gasteiger charge is -2.38. The van der Waals surface area contributed by atoms with Crippen LogP contribution in [0.4, 0.5) is 11.4 Å². The summed E-state index contributed by atoms with van der Waals surface area (Å²) in [5.41, 5.74) is 6.96. The van der Waals surface area contributed by atoms with E-state index in [1.165, 1.54) is 12.1 Å². The van der Waals surface area contributed by atoms with E-state index in [0.29, 0.717) is 10.9 Å². The van der Waals surface area contributed by atoms with Crippen LogP contribution in [-0.4, -0.2) is 24.1 Å². The summed E-state index contributed by atoms with van der Waals surface area (Å²) in [4.78, 5) is 12.4. The van der Waals surface area contributed by atoms with Crippen LogP contribution >= 0.6 is 11.6 Å². The maximum atomic E-state index is 10.7. The van der Waals surface area contributed by atoms with E-state index in [2.05, 4.69) is 11.8 Å². The molecule has 6 heteroatoms. The van der Waals surface area contributed by atoms with Gasteiger partial charge in [-0.05, 0) is 18.4 Å². The normalized spacial score (nSPS) is 23.4. The number of nitrogens with two attached hydrogens (primary N) is 1. The number of piperidine rings is 1. The smallest absolute Gasteiger partial charge is 0.271 e. The third-order valence-electron chi connectivity index (χ3n) is 3.80. The van der Waals surface area contributed by atoms with E-state index in [1.54, 1.807) is 6.07 Å². The Morgan fingerprint density at radius 1 is 1.58 bits per heavy atom. The zero-order valence-corrected chi connectivity index (χ0v) is 11.6. The maximum Gasteiger partial charge on any atom is 0.271 e. The van der Waals surface area contributed by atoms with Gasteiger partial charge in [-0.3, -0.25) is 10.1 Å². The summed E-state index contributed by atoms with van der Waals surface area (Å²) in [6, 6.07) is 4.87. The second-order valence-corrected chi connectivity index (χ2v) is 5.37. The lowest BCUT2D eigenvalue weighted by Crippen LogP contribution is -2.47. The largest absolute Gasteiger partial charge is 0.370 e. The fourth-order valence-electron chi connectivity index (χ4n) is 2.57. The lowest BCUT2D eigenvalue weighted by molar-refractivity contribution is -0.384. The fraction of sp³-hybridized carbons (Fsp3) is 0.538. The van der Waals surface area contributed by atoms with E-state index in [0.717, 1.165) is 31.6 Å². The van der Waals surface area contributed by atoms with Crippen molar-refractivity contribution in [3.63, 3.8) is 0 Å². The Morgan fingerprint density at radius 3 is 2.89 bits per heavy atom. The predicted molar refractivity (Wildman–Crippen MR) is 76.7 cm³/mol. The number of nitrogens with zero attached hydrogens (tertiary/aromatic N) is 2. The summed E-state index contributed by atoms with van der Waals surface area (Å²) in [6.45, 7) is 3.83. The zero-order valence-electron chi connectivity index (χ0n) is 10.9. The van der Waals surface area contributed by atoms with Crippen LogP contribution in [0.25, 0.3) is 0 Å². The molecule has 5 nitrogen and oxygen atoms in total. The van der Waals surface area contributed by atoms with Crippen molar-refractivity contribution < 1.29 is 4.92 Å². The second-order valence-electron chi connectivity index (χ2n) is 4.96. The van der Waals surface area contributed by atoms with Gasteiger partial charge in [0.15, 0.2) is 0 Å². The number of hydrogen-bond acceptors (Lipinski definition) is 4. The van der Waals surface area contributed by atoms with Crippen molar-refractivity contribution in [1.29, 1.82) is 0 Å². The fourth-order valence-corrected chi connectivity index (χ4v) is 2.86. The maximum absolute atomic E-state index is 10.7. The first-order valence-corrected chi connectivity index (χ1v) is 6.85. The van der Waals surface area contributed by atoms with Gasteiger partial charge in [0.2, 0.25) is 0 Å². The second kappa shape index (κ2) is 5.75. The van der Waals surface area contributed by atoms with Crippen molar-refractivity contribution in [2.75, 3.05) is 18.0 Å². The van der Waals surface area contributed by atoms with Crippen LogP contribution in [0.3, 0.4) is 0 Å². The first-order valence-electron chi connectivity index (χ1n) is 6.47. The quantitative estimate of drug-likeness (QED) is 0.684. The third-order valence-corrected chi connectivity index (χ3v) is 4.10. The van der Waals surface area contributed by atoms with Crippen LogP contribution < -0.4 is 10.6 Å². The van der Waals surface area contributed by atoms with Gasteiger partial charge in [-0.1, -0.05) is 24.9 Å². The van der Waals surface area contributed by atoms with Crippen molar-refractivity contribution in [3.8, 4) is 0 Å². The molecule has 2 N–H and O–H groups in total. The number of nitro groups is 1. The van der Waals surface area contributed by atoms with Gasteiger partial charge in [0.05, 0.1) is 15.6 Å². The molecule has 0 radical (unpaired) electrons. The first kappa shape index (κ1) is 14.1. The molecule has 1 aromatic carbocycles. The third kappa shape index (κ3) is 2.98. The van der Waals surface area contributed by atoms with Crippen LogP contribution in [0.5, 0.6) is 0 Å². The van der Waals surface area contributed by atoms with Gasteiger partial charge in [-0.25, -0.2) is 0 Å². The molecule has 0 spiro atoms. The summed E-state index contributed by atoms with van der Waals surface area (Å²) in [7, 11) is 0. The van der Waals surface area contributed by atoms with Crippen molar-refractivity contribution in [2.45, 2.75) is 25.8 Å². The van der Waals surface area contributed by atoms with Gasteiger partial charge < -0.3 is 10.6 Å². The minimum Gasteiger partial charge on any atom is -0.370 e. The van der Waals surface area contributed by atoms with E-state index in [-0.39, 0.29) is 11.7 Å². The summed E-state index contributed by atoms with van der Waals surface area (Å²) < 4.78 is 0. The van der Waals surface area contributed by atoms with Gasteiger partial charge in [0.1, 0.15) is 0 Å². The molecule has 0 aliphatic carbocycles. The molecule has 0 bridgehead atoms. The van der Waals surface area contributed by atoms with Crippen LogP contribution in [0.2, 0.25) is 5.02 Å². The average molecular weight is 284 g/mol. The topological polar surface area (TPSA) is 72.4 Å². The Labute approximate surface area is 117 Å². The number of non-ortho nitro benzene ring substituents is 1. The van der Waals surface area contributed by atoms with Gasteiger partial charge >= 0.3 is 0 Å². The number of anilines is 1. The summed E-state index contributed by atoms with van der Waals surface area (Å²) >= 11 is 6.16. The Balaban J connectivity index is 2.20. The van der Waals surface area contributed by atoms with Gasteiger partial charge in [-0.15, -0.1) is 0 Å². The van der Waals surface area contributed by atoms with Crippen LogP contribution in [-0.2, 0) is 0 Å². The molecule has 0 aromatic heterocycles. The molecule has 1 aromatic rings. The van der Waals surface area contributed by atoms with Gasteiger partial charge in [0, 0.05) is 31.3 Å². The number of nitro benzene ring substituents is 1. The first-order chi connectivity index (χ1) is 9.02. The van der Waals surface area contributed by atoms with Crippen LogP contribution in [0.15, 0.2) is 18.2 Å². The number of benzene rings is 1. The van der Waals surface area contributed by atoms with E-state index in [1.807, 2.05) is 0 Å². The molecule has 1 heterocycles. The molecular formula is C13H18ClN3O2. The molecule has 1 saturated heterocycles. The van der Waals surface area contributed by atoms with Crippen LogP contribution in [0, 0.1) is 16.0 Å². The standard InChI is InChI=1S/C13H18ClN3O2/c1-2-9-8-16(6-5-12(9)15)13-4-3-10(17(18)19)7-11(13)14/h3-4,7,9,12H,2,5-6,8,15H2,1H3. The summed E-state index contributed by atoms with van der Waals surface area (Å²) in [5, 5.41) is 11.1. The Kier molecular flexibility index (Phi) is 4.27. The molecule has 0 saturated carbocycles. The Bertz CT molecular complexity index is 481. The Morgan fingerprint density at radius 2 is 2.32 bits per heavy atom. The zero-order chi connectivity index (χ0) is 14.0. The van der Waals surface area contributed by atoms with Gasteiger partial charge in [-0.2, -0.15) is 0 Å². The van der Waals surface area contributed by atoms with Crippen molar-refractivity contribution in [3.05, 3.63) is 33.3 Å². The van der Waals surface area contributed by atoms with Crippen molar-refractivity contribution >= 4 is 23.0 Å². The molecule has 1 aliphatic rings. The SMILES string of the molecule is CCC1CN(c2ccc([N+](=O)[O-])cc2Cl)CCC1N. The molecule has 1 aliphatic heterocycles. The molecular weight excluding hydrogens is 266 g/mol. The minimum absolute atomic E-state index is 0.0227. The van der Waals surface area contributed by atoms with E-state index in [4.69, 9.17) is 17.3 Å². The number of halogens is 1. The van der Waals surface area contributed by atoms with E-state index >= 15 is 0 Å². The van der Waals surface area contributed by atoms with E-state index in [9.17, 15) is 10.1 Å². The molecule has 19 heavy (non-hydrogen) atoms. The van der Waals surface area contributed by atoms with Crippen LogP contribution in [0.1, 0.15) is 19.8 Å². The molecule has 2 rings (SSSR count). The predicted octanol–water partition coefficient (Wildman–Crippen LogP) is 2.81. The Hall–Kier alpha value is -1.33. The summed E-state index contributed by atoms with van der Waals surface area (Å²) in [5.74, 6) is 0.444. The molecule has 2 atom stereocenters. The van der Waals surface area contributed by atoms with E-state index < -0.39 is 4.92 Å². The molecule has 0 amide bonds. The highest BCUT2D eigenvalue weighted by molar-refractivity contribution is 6.33. The monoisotopic (exact) mass is 283 g/mol.